The van der Waals surface area contributed by atoms with E-state index in [4.69, 9.17) is 10.5 Å². The van der Waals surface area contributed by atoms with E-state index in [-0.39, 0.29) is 5.54 Å². The Balaban J connectivity index is 1.76. The van der Waals surface area contributed by atoms with Crippen molar-refractivity contribution in [3.8, 4) is 0 Å². The highest BCUT2D eigenvalue weighted by molar-refractivity contribution is 5.29. The molecule has 1 aliphatic heterocycles. The fourth-order valence-corrected chi connectivity index (χ4v) is 2.50. The average molecular weight is 217 g/mol. The molecule has 2 heteroatoms. The lowest BCUT2D eigenvalue weighted by atomic mass is 9.94. The maximum atomic E-state index is 6.16. The van der Waals surface area contributed by atoms with Gasteiger partial charge in [0.15, 0.2) is 0 Å². The van der Waals surface area contributed by atoms with Crippen LogP contribution in [0.25, 0.3) is 0 Å². The lowest BCUT2D eigenvalue weighted by molar-refractivity contribution is 0.194. The van der Waals surface area contributed by atoms with Crippen LogP contribution in [0.1, 0.15) is 36.3 Å². The van der Waals surface area contributed by atoms with Crippen LogP contribution in [0.4, 0.5) is 0 Å². The van der Waals surface area contributed by atoms with Crippen LogP contribution in [0.3, 0.4) is 0 Å². The summed E-state index contributed by atoms with van der Waals surface area (Å²) in [4.78, 5) is 0. The lowest BCUT2D eigenvalue weighted by Gasteiger charge is -2.12. The van der Waals surface area contributed by atoms with Gasteiger partial charge in [0.05, 0.1) is 6.61 Å². The molecule has 0 bridgehead atoms. The topological polar surface area (TPSA) is 35.2 Å². The third kappa shape index (κ3) is 2.13. The second kappa shape index (κ2) is 3.86. The maximum absolute atomic E-state index is 6.16. The molecule has 16 heavy (non-hydrogen) atoms. The second-order valence-electron chi connectivity index (χ2n) is 5.34. The van der Waals surface area contributed by atoms with Crippen molar-refractivity contribution < 1.29 is 4.74 Å². The van der Waals surface area contributed by atoms with E-state index < -0.39 is 0 Å². The Hall–Kier alpha value is -0.860. The molecule has 1 atom stereocenters. The van der Waals surface area contributed by atoms with Crippen molar-refractivity contribution >= 4 is 0 Å². The molecule has 3 rings (SSSR count). The molecule has 2 nitrogen and oxygen atoms in total. The minimum atomic E-state index is 0.116. The first-order valence-corrected chi connectivity index (χ1v) is 6.21. The van der Waals surface area contributed by atoms with E-state index in [9.17, 15) is 0 Å². The van der Waals surface area contributed by atoms with E-state index in [0.29, 0.717) is 5.92 Å². The van der Waals surface area contributed by atoms with Gasteiger partial charge in [-0.1, -0.05) is 24.3 Å². The van der Waals surface area contributed by atoms with Crippen LogP contribution < -0.4 is 5.73 Å². The Morgan fingerprint density at radius 3 is 2.94 bits per heavy atom. The van der Waals surface area contributed by atoms with Crippen molar-refractivity contribution in [1.82, 2.24) is 0 Å². The molecule has 1 aromatic rings. The molecule has 2 fully saturated rings. The highest BCUT2D eigenvalue weighted by Gasteiger charge is 2.37. The zero-order valence-corrected chi connectivity index (χ0v) is 9.61. The molecule has 1 unspecified atom stereocenters. The number of benzene rings is 1. The molecule has 0 aromatic heterocycles. The first-order chi connectivity index (χ1) is 7.75. The maximum Gasteiger partial charge on any atom is 0.0535 e. The van der Waals surface area contributed by atoms with Gasteiger partial charge in [-0.25, -0.2) is 0 Å². The van der Waals surface area contributed by atoms with Crippen molar-refractivity contribution in [2.75, 3.05) is 13.2 Å². The summed E-state index contributed by atoms with van der Waals surface area (Å²) < 4.78 is 5.44. The number of hydrogen-bond acceptors (Lipinski definition) is 2. The van der Waals surface area contributed by atoms with E-state index in [2.05, 4.69) is 24.3 Å². The molecule has 0 spiro atoms. The molecule has 1 heterocycles. The minimum Gasteiger partial charge on any atom is -0.381 e. The van der Waals surface area contributed by atoms with Crippen molar-refractivity contribution in [3.63, 3.8) is 0 Å². The van der Waals surface area contributed by atoms with Gasteiger partial charge >= 0.3 is 0 Å². The summed E-state index contributed by atoms with van der Waals surface area (Å²) in [5.41, 5.74) is 9.10. The second-order valence-corrected chi connectivity index (χ2v) is 5.34. The van der Waals surface area contributed by atoms with Crippen LogP contribution in [-0.4, -0.2) is 18.8 Å². The highest BCUT2D eigenvalue weighted by atomic mass is 16.5. The summed E-state index contributed by atoms with van der Waals surface area (Å²) in [6, 6.07) is 8.91. The highest BCUT2D eigenvalue weighted by Crippen LogP contribution is 2.36. The van der Waals surface area contributed by atoms with Gasteiger partial charge in [-0.3, -0.25) is 0 Å². The number of nitrogens with two attached hydrogens (primary N) is 1. The van der Waals surface area contributed by atoms with Gasteiger partial charge < -0.3 is 10.5 Å². The third-order valence-corrected chi connectivity index (χ3v) is 3.80. The molecule has 86 valence electrons. The normalized spacial score (nSPS) is 26.9. The SMILES string of the molecule is NC1(Cc2cccc(C3CCOC3)c2)CC1. The quantitative estimate of drug-likeness (QED) is 0.842. The van der Waals surface area contributed by atoms with Crippen molar-refractivity contribution in [1.29, 1.82) is 0 Å². The van der Waals surface area contributed by atoms with Gasteiger partial charge in [0.1, 0.15) is 0 Å². The fraction of sp³-hybridized carbons (Fsp3) is 0.571. The number of ether oxygens (including phenoxy) is 1. The number of rotatable bonds is 3. The van der Waals surface area contributed by atoms with Gasteiger partial charge in [0.2, 0.25) is 0 Å². The molecule has 1 aromatic carbocycles. The molecular formula is C14H19NO. The zero-order valence-electron chi connectivity index (χ0n) is 9.61. The van der Waals surface area contributed by atoms with E-state index in [0.717, 1.165) is 26.1 Å². The fourth-order valence-electron chi connectivity index (χ4n) is 2.50. The largest absolute Gasteiger partial charge is 0.381 e. The van der Waals surface area contributed by atoms with Crippen LogP contribution in [-0.2, 0) is 11.2 Å². The molecule has 1 saturated carbocycles. The summed E-state index contributed by atoms with van der Waals surface area (Å²) in [7, 11) is 0. The molecule has 0 radical (unpaired) electrons. The van der Waals surface area contributed by atoms with Crippen molar-refractivity contribution in [2.24, 2.45) is 5.73 Å². The van der Waals surface area contributed by atoms with Gasteiger partial charge in [0.25, 0.3) is 0 Å². The van der Waals surface area contributed by atoms with Crippen LogP contribution in [0.2, 0.25) is 0 Å². The average Bonchev–Trinajstić information content (AvgIpc) is 2.84. The summed E-state index contributed by atoms with van der Waals surface area (Å²) in [5.74, 6) is 0.605. The Kier molecular flexibility index (Phi) is 2.49. The van der Waals surface area contributed by atoms with E-state index >= 15 is 0 Å². The summed E-state index contributed by atoms with van der Waals surface area (Å²) in [6.45, 7) is 1.80. The Labute approximate surface area is 96.8 Å². The standard InChI is InChI=1S/C14H19NO/c15-14(5-6-14)9-11-2-1-3-12(8-11)13-4-7-16-10-13/h1-3,8,13H,4-7,9-10,15H2. The smallest absolute Gasteiger partial charge is 0.0535 e. The summed E-state index contributed by atoms with van der Waals surface area (Å²) in [6.07, 6.45) is 4.57. The molecule has 2 N–H and O–H groups in total. The lowest BCUT2D eigenvalue weighted by Crippen LogP contribution is -2.24. The van der Waals surface area contributed by atoms with Gasteiger partial charge in [0, 0.05) is 18.1 Å². The van der Waals surface area contributed by atoms with Crippen molar-refractivity contribution in [2.45, 2.75) is 37.1 Å². The first-order valence-electron chi connectivity index (χ1n) is 6.21. The predicted octanol–water partition coefficient (Wildman–Crippen LogP) is 2.22. The van der Waals surface area contributed by atoms with Crippen LogP contribution in [0.15, 0.2) is 24.3 Å². The zero-order chi connectivity index (χ0) is 11.0. The van der Waals surface area contributed by atoms with E-state index in [1.807, 2.05) is 0 Å². The van der Waals surface area contributed by atoms with Gasteiger partial charge in [-0.05, 0) is 36.8 Å². The monoisotopic (exact) mass is 217 g/mol. The molecule has 2 aliphatic rings. The molecular weight excluding hydrogens is 198 g/mol. The Bertz CT molecular complexity index is 378. The Morgan fingerprint density at radius 2 is 2.25 bits per heavy atom. The molecule has 0 amide bonds. The van der Waals surface area contributed by atoms with Crippen LogP contribution >= 0.6 is 0 Å². The Morgan fingerprint density at radius 1 is 1.38 bits per heavy atom. The minimum absolute atomic E-state index is 0.116. The van der Waals surface area contributed by atoms with Gasteiger partial charge in [-0.15, -0.1) is 0 Å². The van der Waals surface area contributed by atoms with E-state index in [1.54, 1.807) is 0 Å². The van der Waals surface area contributed by atoms with Crippen LogP contribution in [0, 0.1) is 0 Å². The summed E-state index contributed by atoms with van der Waals surface area (Å²) >= 11 is 0. The number of hydrogen-bond donors (Lipinski definition) is 1. The van der Waals surface area contributed by atoms with E-state index in [1.165, 1.54) is 24.0 Å². The first kappa shape index (κ1) is 10.3. The summed E-state index contributed by atoms with van der Waals surface area (Å²) in [5, 5.41) is 0. The third-order valence-electron chi connectivity index (χ3n) is 3.80. The van der Waals surface area contributed by atoms with Gasteiger partial charge in [-0.2, -0.15) is 0 Å². The molecule has 1 saturated heterocycles. The van der Waals surface area contributed by atoms with Crippen LogP contribution in [0.5, 0.6) is 0 Å². The molecule has 1 aliphatic carbocycles. The predicted molar refractivity (Wildman–Crippen MR) is 64.5 cm³/mol. The van der Waals surface area contributed by atoms with Crippen molar-refractivity contribution in [3.05, 3.63) is 35.4 Å².